The minimum atomic E-state index is -0.454. The molecular weight excluding hydrogens is 246 g/mol. The van der Waals surface area contributed by atoms with Crippen molar-refractivity contribution < 1.29 is 14.7 Å². The van der Waals surface area contributed by atoms with Crippen molar-refractivity contribution in [3.05, 3.63) is 0 Å². The van der Waals surface area contributed by atoms with Crippen LogP contribution in [0.4, 0.5) is 4.79 Å². The molecule has 0 aromatic carbocycles. The Morgan fingerprint density at radius 2 is 1.84 bits per heavy atom. The highest BCUT2D eigenvalue weighted by Gasteiger charge is 2.15. The molecule has 112 valence electrons. The molecule has 0 saturated heterocycles. The molecule has 0 rings (SSSR count). The molecule has 3 amide bonds. The van der Waals surface area contributed by atoms with Crippen LogP contribution in [0.15, 0.2) is 0 Å². The first-order chi connectivity index (χ1) is 8.86. The Morgan fingerprint density at radius 3 is 2.32 bits per heavy atom. The number of hydrogen-bond donors (Lipinski definition) is 3. The van der Waals surface area contributed by atoms with E-state index in [0.717, 1.165) is 0 Å². The molecule has 19 heavy (non-hydrogen) atoms. The summed E-state index contributed by atoms with van der Waals surface area (Å²) in [6, 6.07) is -0.263. The second kappa shape index (κ2) is 9.75. The van der Waals surface area contributed by atoms with Crippen LogP contribution >= 0.6 is 0 Å². The molecule has 0 aromatic heterocycles. The fourth-order valence-electron chi connectivity index (χ4n) is 1.49. The van der Waals surface area contributed by atoms with Crippen LogP contribution in [0.3, 0.4) is 0 Å². The van der Waals surface area contributed by atoms with E-state index >= 15 is 0 Å². The number of nitrogens with one attached hydrogen (secondary N) is 2. The predicted molar refractivity (Wildman–Crippen MR) is 74.8 cm³/mol. The molecule has 0 bridgehead atoms. The van der Waals surface area contributed by atoms with Crippen molar-refractivity contribution in [3.8, 4) is 0 Å². The van der Waals surface area contributed by atoms with Gasteiger partial charge in [-0.3, -0.25) is 15.0 Å². The third-order valence-corrected chi connectivity index (χ3v) is 2.60. The van der Waals surface area contributed by atoms with Crippen LogP contribution in [0.1, 0.15) is 34.1 Å². The number of rotatable bonds is 8. The third kappa shape index (κ3) is 9.44. The fourth-order valence-corrected chi connectivity index (χ4v) is 1.49. The number of amides is 3. The van der Waals surface area contributed by atoms with Crippen LogP contribution in [-0.4, -0.2) is 54.2 Å². The summed E-state index contributed by atoms with van der Waals surface area (Å²) in [6.45, 7) is 9.35. The molecule has 0 heterocycles. The lowest BCUT2D eigenvalue weighted by atomic mass is 10.2. The molecule has 3 N–H and O–H groups in total. The molecule has 0 aromatic rings. The smallest absolute Gasteiger partial charge is 0.321 e. The van der Waals surface area contributed by atoms with Gasteiger partial charge in [-0.2, -0.15) is 0 Å². The number of urea groups is 1. The Hall–Kier alpha value is -1.14. The summed E-state index contributed by atoms with van der Waals surface area (Å²) in [6.07, 6.45) is 0.616. The highest BCUT2D eigenvalue weighted by molar-refractivity contribution is 5.95. The Morgan fingerprint density at radius 1 is 1.21 bits per heavy atom. The second-order valence-corrected chi connectivity index (χ2v) is 5.29. The number of carbonyl (C=O) groups is 2. The standard InChI is InChI=1S/C13H27N3O3/c1-10(2)8-14-13(19)15-12(18)9-16(11(3)4)6-5-7-17/h10-11,17H,5-9H2,1-4H3,(H2,14,15,18,19). The van der Waals surface area contributed by atoms with Crippen molar-refractivity contribution >= 4 is 11.9 Å². The average molecular weight is 273 g/mol. The quantitative estimate of drug-likeness (QED) is 0.603. The van der Waals surface area contributed by atoms with Crippen molar-refractivity contribution in [3.63, 3.8) is 0 Å². The van der Waals surface area contributed by atoms with E-state index in [1.807, 2.05) is 32.6 Å². The minimum absolute atomic E-state index is 0.0969. The van der Waals surface area contributed by atoms with Crippen molar-refractivity contribution in [2.45, 2.75) is 40.2 Å². The van der Waals surface area contributed by atoms with E-state index in [-0.39, 0.29) is 25.1 Å². The van der Waals surface area contributed by atoms with Crippen LogP contribution in [0, 0.1) is 5.92 Å². The van der Waals surface area contributed by atoms with E-state index in [1.165, 1.54) is 0 Å². The zero-order valence-electron chi connectivity index (χ0n) is 12.4. The molecule has 0 spiro atoms. The maximum absolute atomic E-state index is 11.7. The van der Waals surface area contributed by atoms with E-state index in [2.05, 4.69) is 10.6 Å². The molecule has 6 heteroatoms. The number of nitrogens with zero attached hydrogens (tertiary/aromatic N) is 1. The maximum Gasteiger partial charge on any atom is 0.321 e. The Balaban J connectivity index is 4.07. The Kier molecular flexibility index (Phi) is 9.16. The molecule has 0 radical (unpaired) electrons. The van der Waals surface area contributed by atoms with Crippen molar-refractivity contribution in [1.29, 1.82) is 0 Å². The largest absolute Gasteiger partial charge is 0.396 e. The van der Waals surface area contributed by atoms with Gasteiger partial charge in [-0.25, -0.2) is 4.79 Å². The first-order valence-electron chi connectivity index (χ1n) is 6.79. The first-order valence-corrected chi connectivity index (χ1v) is 6.79. The molecule has 0 unspecified atom stereocenters. The lowest BCUT2D eigenvalue weighted by molar-refractivity contribution is -0.121. The predicted octanol–water partition coefficient (Wildman–Crippen LogP) is 0.561. The van der Waals surface area contributed by atoms with Crippen molar-refractivity contribution in [2.24, 2.45) is 5.92 Å². The van der Waals surface area contributed by atoms with Gasteiger partial charge < -0.3 is 10.4 Å². The van der Waals surface area contributed by atoms with Gasteiger partial charge in [0.15, 0.2) is 0 Å². The molecular formula is C13H27N3O3. The van der Waals surface area contributed by atoms with E-state index in [4.69, 9.17) is 5.11 Å². The molecule has 0 saturated carbocycles. The fraction of sp³-hybridized carbons (Fsp3) is 0.846. The van der Waals surface area contributed by atoms with Gasteiger partial charge in [0.1, 0.15) is 0 Å². The van der Waals surface area contributed by atoms with E-state index in [1.54, 1.807) is 0 Å². The van der Waals surface area contributed by atoms with Gasteiger partial charge in [-0.15, -0.1) is 0 Å². The van der Waals surface area contributed by atoms with Crippen LogP contribution < -0.4 is 10.6 Å². The number of aliphatic hydroxyl groups is 1. The van der Waals surface area contributed by atoms with Gasteiger partial charge in [0.05, 0.1) is 6.54 Å². The van der Waals surface area contributed by atoms with E-state index < -0.39 is 6.03 Å². The molecule has 0 aliphatic rings. The lowest BCUT2D eigenvalue weighted by Gasteiger charge is -2.25. The summed E-state index contributed by atoms with van der Waals surface area (Å²) < 4.78 is 0. The van der Waals surface area contributed by atoms with Crippen LogP contribution in [-0.2, 0) is 4.79 Å². The highest BCUT2D eigenvalue weighted by atomic mass is 16.3. The monoisotopic (exact) mass is 273 g/mol. The summed E-state index contributed by atoms with van der Waals surface area (Å²) >= 11 is 0. The SMILES string of the molecule is CC(C)CNC(=O)NC(=O)CN(CCCO)C(C)C. The molecule has 0 fully saturated rings. The van der Waals surface area contributed by atoms with E-state index in [0.29, 0.717) is 25.4 Å². The summed E-state index contributed by atoms with van der Waals surface area (Å²) in [7, 11) is 0. The lowest BCUT2D eigenvalue weighted by Crippen LogP contribution is -2.47. The van der Waals surface area contributed by atoms with Crippen LogP contribution in [0.5, 0.6) is 0 Å². The molecule has 0 aliphatic carbocycles. The van der Waals surface area contributed by atoms with Crippen molar-refractivity contribution in [2.75, 3.05) is 26.2 Å². The zero-order chi connectivity index (χ0) is 14.8. The van der Waals surface area contributed by atoms with Crippen molar-refractivity contribution in [1.82, 2.24) is 15.5 Å². The summed E-state index contributed by atoms with van der Waals surface area (Å²) in [4.78, 5) is 25.0. The first kappa shape index (κ1) is 17.9. The number of carbonyl (C=O) groups excluding carboxylic acids is 2. The minimum Gasteiger partial charge on any atom is -0.396 e. The number of aliphatic hydroxyl groups excluding tert-OH is 1. The average Bonchev–Trinajstić information content (AvgIpc) is 2.31. The maximum atomic E-state index is 11.7. The Bertz CT molecular complexity index is 280. The van der Waals surface area contributed by atoms with Crippen LogP contribution in [0.2, 0.25) is 0 Å². The molecule has 0 aliphatic heterocycles. The van der Waals surface area contributed by atoms with Crippen LogP contribution in [0.25, 0.3) is 0 Å². The highest BCUT2D eigenvalue weighted by Crippen LogP contribution is 1.99. The third-order valence-electron chi connectivity index (χ3n) is 2.60. The topological polar surface area (TPSA) is 81.7 Å². The second-order valence-electron chi connectivity index (χ2n) is 5.29. The van der Waals surface area contributed by atoms with Gasteiger partial charge in [0, 0.05) is 25.7 Å². The summed E-state index contributed by atoms with van der Waals surface area (Å²) in [5.41, 5.74) is 0. The van der Waals surface area contributed by atoms with Gasteiger partial charge >= 0.3 is 6.03 Å². The number of imide groups is 1. The number of hydrogen-bond acceptors (Lipinski definition) is 4. The summed E-state index contributed by atoms with van der Waals surface area (Å²) in [5.74, 6) is 0.0189. The van der Waals surface area contributed by atoms with Gasteiger partial charge in [0.2, 0.25) is 5.91 Å². The van der Waals surface area contributed by atoms with Gasteiger partial charge in [-0.1, -0.05) is 13.8 Å². The zero-order valence-corrected chi connectivity index (χ0v) is 12.4. The van der Waals surface area contributed by atoms with E-state index in [9.17, 15) is 9.59 Å². The van der Waals surface area contributed by atoms with Gasteiger partial charge in [-0.05, 0) is 26.2 Å². The van der Waals surface area contributed by atoms with Gasteiger partial charge in [0.25, 0.3) is 0 Å². The summed E-state index contributed by atoms with van der Waals surface area (Å²) in [5, 5.41) is 13.7. The molecule has 0 atom stereocenters. The molecule has 6 nitrogen and oxygen atoms in total. The normalized spacial score (nSPS) is 11.2. The Labute approximate surface area is 115 Å².